The average Bonchev–Trinajstić information content (AvgIpc) is 2.60. The smallest absolute Gasteiger partial charge is 0.250 e. The van der Waals surface area contributed by atoms with Crippen LogP contribution in [0.2, 0.25) is 10.0 Å². The average molecular weight is 398 g/mol. The van der Waals surface area contributed by atoms with Crippen LogP contribution in [0.15, 0.2) is 36.7 Å². The fourth-order valence-electron chi connectivity index (χ4n) is 2.13. The first-order valence-corrected chi connectivity index (χ1v) is 7.95. The van der Waals surface area contributed by atoms with Gasteiger partial charge < -0.3 is 10.6 Å². The van der Waals surface area contributed by atoms with E-state index in [4.69, 9.17) is 34.8 Å². The zero-order valence-corrected chi connectivity index (χ0v) is 14.5. The second kappa shape index (κ2) is 7.39. The molecule has 0 spiro atoms. The molecule has 0 saturated heterocycles. The van der Waals surface area contributed by atoms with Gasteiger partial charge in [-0.15, -0.1) is 11.6 Å². The molecule has 3 aromatic rings. The summed E-state index contributed by atoms with van der Waals surface area (Å²) >= 11 is 17.0. The molecule has 9 heteroatoms. The highest BCUT2D eigenvalue weighted by molar-refractivity contribution is 6.42. The third-order valence-corrected chi connectivity index (χ3v) is 4.14. The Kier molecular flexibility index (Phi) is 5.22. The monoisotopic (exact) mass is 396 g/mol. The first-order chi connectivity index (χ1) is 12.0. The van der Waals surface area contributed by atoms with Crippen molar-refractivity contribution in [3.63, 3.8) is 0 Å². The molecule has 2 radical (unpaired) electrons. The Bertz CT molecular complexity index is 968. The number of hydrogen-bond donors (Lipinski definition) is 2. The molecule has 0 aliphatic heterocycles. The second-order valence-corrected chi connectivity index (χ2v) is 5.88. The lowest BCUT2D eigenvalue weighted by molar-refractivity contribution is -0.112. The Labute approximate surface area is 157 Å². The van der Waals surface area contributed by atoms with Gasteiger partial charge in [0, 0.05) is 11.1 Å². The lowest BCUT2D eigenvalue weighted by atomic mass is 10.2. The maximum absolute atomic E-state index is 14.1. The van der Waals surface area contributed by atoms with Crippen LogP contribution in [-0.4, -0.2) is 15.9 Å². The first kappa shape index (κ1) is 17.7. The number of benzene rings is 2. The predicted molar refractivity (Wildman–Crippen MR) is 97.0 cm³/mol. The molecule has 0 aliphatic rings. The van der Waals surface area contributed by atoms with Crippen LogP contribution in [0, 0.1) is 11.7 Å². The van der Waals surface area contributed by atoms with Crippen molar-refractivity contribution in [3.8, 4) is 0 Å². The van der Waals surface area contributed by atoms with Gasteiger partial charge in [0.2, 0.25) is 0 Å². The number of hydrogen-bond acceptors (Lipinski definition) is 4. The van der Waals surface area contributed by atoms with Crippen molar-refractivity contribution < 1.29 is 9.18 Å². The van der Waals surface area contributed by atoms with Gasteiger partial charge in [0.1, 0.15) is 18.0 Å². The van der Waals surface area contributed by atoms with Crippen LogP contribution < -0.4 is 10.6 Å². The van der Waals surface area contributed by atoms with Gasteiger partial charge in [0.15, 0.2) is 5.88 Å². The molecule has 0 unspecified atom stereocenters. The number of halogens is 4. The number of carbonyl (C=O) groups excluding carboxylic acids is 1. The standard InChI is InChI=1S/C16H8Cl3FN4O/c17-6-15(25)23-8-1-2-13-9(3-8)16(22-7-21-13)24-14-5-11(19)10(18)4-12(14)20/h1-5,7H,(H,23,25)(H,21,22,24). The van der Waals surface area contributed by atoms with Gasteiger partial charge in [-0.3, -0.25) is 4.79 Å². The van der Waals surface area contributed by atoms with Crippen LogP contribution in [-0.2, 0) is 4.79 Å². The number of carbonyl (C=O) groups is 1. The molecule has 2 N–H and O–H groups in total. The summed E-state index contributed by atoms with van der Waals surface area (Å²) in [7, 11) is 0. The summed E-state index contributed by atoms with van der Waals surface area (Å²) in [6, 6.07) is 7.41. The third-order valence-electron chi connectivity index (χ3n) is 3.24. The van der Waals surface area contributed by atoms with Gasteiger partial charge in [-0.1, -0.05) is 23.2 Å². The second-order valence-electron chi connectivity index (χ2n) is 4.87. The van der Waals surface area contributed by atoms with E-state index in [-0.39, 0.29) is 15.7 Å². The molecule has 1 amide bonds. The van der Waals surface area contributed by atoms with E-state index in [2.05, 4.69) is 20.6 Å². The summed E-state index contributed by atoms with van der Waals surface area (Å²) in [5, 5.41) is 6.24. The van der Waals surface area contributed by atoms with Gasteiger partial charge in [0.05, 0.1) is 21.2 Å². The van der Waals surface area contributed by atoms with Gasteiger partial charge in [-0.25, -0.2) is 14.4 Å². The van der Waals surface area contributed by atoms with E-state index in [9.17, 15) is 9.18 Å². The molecular weight excluding hydrogens is 390 g/mol. The molecule has 2 aromatic carbocycles. The molecule has 3 rings (SSSR count). The molecule has 0 atom stereocenters. The maximum atomic E-state index is 14.1. The maximum Gasteiger partial charge on any atom is 0.250 e. The topological polar surface area (TPSA) is 66.9 Å². The Morgan fingerprint density at radius 2 is 1.88 bits per heavy atom. The highest BCUT2D eigenvalue weighted by Gasteiger charge is 2.11. The number of anilines is 3. The normalized spacial score (nSPS) is 10.7. The van der Waals surface area contributed by atoms with Crippen LogP contribution in [0.1, 0.15) is 0 Å². The molecule has 0 saturated carbocycles. The van der Waals surface area contributed by atoms with Crippen LogP contribution in [0.3, 0.4) is 0 Å². The summed E-state index contributed by atoms with van der Waals surface area (Å²) in [6.07, 6.45) is 1.33. The fraction of sp³-hybridized carbons (Fsp3) is 0. The summed E-state index contributed by atoms with van der Waals surface area (Å²) in [6.45, 7) is 0. The largest absolute Gasteiger partial charge is 0.337 e. The van der Waals surface area contributed by atoms with E-state index in [1.165, 1.54) is 12.4 Å². The predicted octanol–water partition coefficient (Wildman–Crippen LogP) is 5.04. The van der Waals surface area contributed by atoms with E-state index in [1.807, 2.05) is 5.88 Å². The lowest BCUT2D eigenvalue weighted by Gasteiger charge is -2.11. The minimum atomic E-state index is -0.595. The Balaban J connectivity index is 2.02. The minimum Gasteiger partial charge on any atom is -0.337 e. The van der Waals surface area contributed by atoms with Gasteiger partial charge in [-0.05, 0) is 30.3 Å². The van der Waals surface area contributed by atoms with Crippen molar-refractivity contribution in [2.24, 2.45) is 0 Å². The van der Waals surface area contributed by atoms with Crippen molar-refractivity contribution in [2.45, 2.75) is 0 Å². The van der Waals surface area contributed by atoms with Crippen LogP contribution in [0.4, 0.5) is 21.6 Å². The molecule has 1 heterocycles. The number of aromatic nitrogens is 2. The van der Waals surface area contributed by atoms with E-state index < -0.39 is 11.7 Å². The van der Waals surface area contributed by atoms with Gasteiger partial charge in [-0.2, -0.15) is 0 Å². The Morgan fingerprint density at radius 3 is 2.64 bits per heavy atom. The van der Waals surface area contributed by atoms with Crippen molar-refractivity contribution in [1.29, 1.82) is 0 Å². The van der Waals surface area contributed by atoms with Crippen molar-refractivity contribution >= 4 is 68.8 Å². The summed E-state index contributed by atoms with van der Waals surface area (Å²) in [4.78, 5) is 19.6. The molecule has 5 nitrogen and oxygen atoms in total. The highest BCUT2D eigenvalue weighted by Crippen LogP contribution is 2.31. The summed E-state index contributed by atoms with van der Waals surface area (Å²) < 4.78 is 14.1. The molecular formula is C16H8Cl3FN4O. The van der Waals surface area contributed by atoms with Crippen LogP contribution in [0.25, 0.3) is 10.9 Å². The SMILES string of the molecule is O=C([C]Cl)Nc1ccc2ncnc(Nc3cc(Cl)c(Cl)cc3F)c2c1. The van der Waals surface area contributed by atoms with Crippen LogP contribution in [0.5, 0.6) is 0 Å². The quantitative estimate of drug-likeness (QED) is 0.606. The van der Waals surface area contributed by atoms with E-state index in [0.29, 0.717) is 22.4 Å². The van der Waals surface area contributed by atoms with Crippen molar-refractivity contribution in [2.75, 3.05) is 10.6 Å². The number of nitrogens with one attached hydrogen (secondary N) is 2. The molecule has 1 aromatic heterocycles. The summed E-state index contributed by atoms with van der Waals surface area (Å²) in [5.74, 6) is 1.08. The zero-order chi connectivity index (χ0) is 18.0. The highest BCUT2D eigenvalue weighted by atomic mass is 35.5. The molecule has 0 bridgehead atoms. The van der Waals surface area contributed by atoms with Gasteiger partial charge in [0.25, 0.3) is 5.91 Å². The number of rotatable bonds is 4. The number of fused-ring (bicyclic) bond motifs is 1. The Morgan fingerprint density at radius 1 is 1.12 bits per heavy atom. The van der Waals surface area contributed by atoms with E-state index in [0.717, 1.165) is 6.07 Å². The Hall–Kier alpha value is -2.15. The van der Waals surface area contributed by atoms with Crippen molar-refractivity contribution in [1.82, 2.24) is 9.97 Å². The zero-order valence-electron chi connectivity index (χ0n) is 12.3. The van der Waals surface area contributed by atoms with Crippen LogP contribution >= 0.6 is 34.8 Å². The first-order valence-electron chi connectivity index (χ1n) is 6.82. The molecule has 0 aliphatic carbocycles. The number of amides is 1. The van der Waals surface area contributed by atoms with E-state index in [1.54, 1.807) is 18.2 Å². The number of nitrogens with zero attached hydrogens (tertiary/aromatic N) is 2. The van der Waals surface area contributed by atoms with E-state index >= 15 is 0 Å². The molecule has 25 heavy (non-hydrogen) atoms. The fourth-order valence-corrected chi connectivity index (χ4v) is 2.50. The minimum absolute atomic E-state index is 0.103. The lowest BCUT2D eigenvalue weighted by Crippen LogP contribution is -2.09. The molecule has 126 valence electrons. The van der Waals surface area contributed by atoms with Crippen molar-refractivity contribution in [3.05, 3.63) is 58.4 Å². The molecule has 0 fully saturated rings. The third kappa shape index (κ3) is 3.92. The van der Waals surface area contributed by atoms with Gasteiger partial charge >= 0.3 is 0 Å². The summed E-state index contributed by atoms with van der Waals surface area (Å²) in [5.41, 5.74) is 1.15.